The highest BCUT2D eigenvalue weighted by atomic mass is 79.9. The number of nitrogens with zero attached hydrogens (tertiary/aromatic N) is 2. The second-order valence-electron chi connectivity index (χ2n) is 3.64. The molecule has 2 rings (SSSR count). The molecule has 0 aliphatic heterocycles. The van der Waals surface area contributed by atoms with E-state index in [4.69, 9.17) is 4.74 Å². The zero-order valence-corrected chi connectivity index (χ0v) is 11.9. The largest absolute Gasteiger partial charge is 0.465 e. The van der Waals surface area contributed by atoms with Crippen LogP contribution < -0.4 is 0 Å². The summed E-state index contributed by atoms with van der Waals surface area (Å²) in [5.41, 5.74) is 1.22. The van der Waals surface area contributed by atoms with E-state index in [1.807, 2.05) is 0 Å². The van der Waals surface area contributed by atoms with Gasteiger partial charge in [-0.15, -0.1) is 0 Å². The van der Waals surface area contributed by atoms with Gasteiger partial charge >= 0.3 is 11.9 Å². The van der Waals surface area contributed by atoms with Crippen LogP contribution in [0.3, 0.4) is 0 Å². The number of fused-ring (bicyclic) bond motifs is 1. The van der Waals surface area contributed by atoms with E-state index in [1.165, 1.54) is 24.0 Å². The second-order valence-corrected chi connectivity index (χ2v) is 4.49. The maximum atomic E-state index is 11.8. The molecule has 0 saturated carbocycles. The smallest absolute Gasteiger partial charge is 0.342 e. The third-order valence-electron chi connectivity index (χ3n) is 2.48. The van der Waals surface area contributed by atoms with Gasteiger partial charge < -0.3 is 9.47 Å². The van der Waals surface area contributed by atoms with Crippen molar-refractivity contribution in [2.75, 3.05) is 13.7 Å². The van der Waals surface area contributed by atoms with Crippen molar-refractivity contribution in [1.29, 1.82) is 0 Å². The summed E-state index contributed by atoms with van der Waals surface area (Å²) >= 11 is 3.32. The maximum absolute atomic E-state index is 11.8. The first-order chi connectivity index (χ1) is 9.08. The third-order valence-corrected chi connectivity index (χ3v) is 3.09. The first-order valence-corrected chi connectivity index (χ1v) is 6.30. The highest BCUT2D eigenvalue weighted by Crippen LogP contribution is 2.24. The van der Waals surface area contributed by atoms with E-state index in [2.05, 4.69) is 25.8 Å². The Hall–Kier alpha value is -1.89. The van der Waals surface area contributed by atoms with Gasteiger partial charge in [-0.05, 0) is 28.9 Å². The molecule has 0 aliphatic rings. The lowest BCUT2D eigenvalue weighted by molar-refractivity contribution is 0.0527. The predicted molar refractivity (Wildman–Crippen MR) is 70.2 cm³/mol. The monoisotopic (exact) mass is 326 g/mol. The summed E-state index contributed by atoms with van der Waals surface area (Å²) in [6.07, 6.45) is 2.90. The Morgan fingerprint density at radius 1 is 1.42 bits per heavy atom. The minimum atomic E-state index is -0.476. The highest BCUT2D eigenvalue weighted by Gasteiger charge is 2.18. The number of halogens is 1. The van der Waals surface area contributed by atoms with Crippen LogP contribution in [0.5, 0.6) is 0 Å². The second kappa shape index (κ2) is 5.40. The molecular formula is C12H11BrN2O4. The third kappa shape index (κ3) is 2.46. The molecule has 2 heterocycles. The molecule has 0 radical (unpaired) electrons. The van der Waals surface area contributed by atoms with Gasteiger partial charge in [0, 0.05) is 10.7 Å². The molecule has 2 aromatic rings. The van der Waals surface area contributed by atoms with E-state index in [0.29, 0.717) is 21.1 Å². The predicted octanol–water partition coefficient (Wildman–Crippen LogP) is 2.06. The van der Waals surface area contributed by atoms with Crippen LogP contribution in [0.2, 0.25) is 0 Å². The molecule has 0 bridgehead atoms. The molecule has 7 heteroatoms. The molecule has 100 valence electrons. The summed E-state index contributed by atoms with van der Waals surface area (Å²) in [7, 11) is 1.30. The number of carbonyl (C=O) groups is 2. The molecule has 0 saturated heterocycles. The lowest BCUT2D eigenvalue weighted by atomic mass is 10.2. The average Bonchev–Trinajstić information content (AvgIpc) is 2.82. The van der Waals surface area contributed by atoms with Crippen LogP contribution in [0, 0.1) is 0 Å². The lowest BCUT2D eigenvalue weighted by Crippen LogP contribution is -2.06. The number of ether oxygens (including phenoxy) is 2. The lowest BCUT2D eigenvalue weighted by Gasteiger charge is -2.04. The van der Waals surface area contributed by atoms with Crippen molar-refractivity contribution in [2.45, 2.75) is 6.92 Å². The molecule has 0 atom stereocenters. The maximum Gasteiger partial charge on any atom is 0.342 e. The van der Waals surface area contributed by atoms with Crippen LogP contribution in [-0.4, -0.2) is 35.3 Å². The van der Waals surface area contributed by atoms with E-state index >= 15 is 0 Å². The normalized spacial score (nSPS) is 10.5. The first kappa shape index (κ1) is 13.5. The van der Waals surface area contributed by atoms with E-state index in [1.54, 1.807) is 13.0 Å². The van der Waals surface area contributed by atoms with Crippen LogP contribution >= 0.6 is 15.9 Å². The van der Waals surface area contributed by atoms with Crippen LogP contribution in [-0.2, 0) is 9.47 Å². The molecule has 0 aliphatic carbocycles. The minimum Gasteiger partial charge on any atom is -0.465 e. The van der Waals surface area contributed by atoms with Gasteiger partial charge in [-0.3, -0.25) is 0 Å². The Morgan fingerprint density at radius 2 is 2.16 bits per heavy atom. The van der Waals surface area contributed by atoms with Crippen molar-refractivity contribution >= 4 is 33.4 Å². The summed E-state index contributed by atoms with van der Waals surface area (Å²) in [6, 6.07) is 1.57. The molecule has 19 heavy (non-hydrogen) atoms. The highest BCUT2D eigenvalue weighted by molar-refractivity contribution is 9.10. The molecule has 6 nitrogen and oxygen atoms in total. The number of hydrogen-bond acceptors (Lipinski definition) is 5. The number of rotatable bonds is 3. The number of carbonyl (C=O) groups excluding carboxylic acids is 2. The SMILES string of the molecule is CCOC(=O)c1cnn2cc(C(=O)OC)cc(Br)c12. The van der Waals surface area contributed by atoms with Crippen molar-refractivity contribution in [3.8, 4) is 0 Å². The number of aromatic nitrogens is 2. The van der Waals surface area contributed by atoms with Gasteiger partial charge in [0.2, 0.25) is 0 Å². The fourth-order valence-corrected chi connectivity index (χ4v) is 2.30. The van der Waals surface area contributed by atoms with Gasteiger partial charge in [-0.1, -0.05) is 0 Å². The van der Waals surface area contributed by atoms with Crippen LogP contribution in [0.15, 0.2) is 22.9 Å². The number of hydrogen-bond donors (Lipinski definition) is 0. The van der Waals surface area contributed by atoms with Gasteiger partial charge in [0.1, 0.15) is 5.56 Å². The van der Waals surface area contributed by atoms with Gasteiger partial charge in [0.05, 0.1) is 31.0 Å². The summed E-state index contributed by atoms with van der Waals surface area (Å²) in [4.78, 5) is 23.2. The van der Waals surface area contributed by atoms with Crippen molar-refractivity contribution in [2.24, 2.45) is 0 Å². The minimum absolute atomic E-state index is 0.286. The Bertz CT molecular complexity index is 650. The van der Waals surface area contributed by atoms with Crippen LogP contribution in [0.1, 0.15) is 27.6 Å². The van der Waals surface area contributed by atoms with E-state index in [0.717, 1.165) is 0 Å². The van der Waals surface area contributed by atoms with E-state index in [-0.39, 0.29) is 6.61 Å². The fraction of sp³-hybridized carbons (Fsp3) is 0.250. The standard InChI is InChI=1S/C12H11BrN2O4/c1-3-19-12(17)8-5-14-15-6-7(11(16)18-2)4-9(13)10(8)15/h4-6H,3H2,1-2H3. The Morgan fingerprint density at radius 3 is 2.79 bits per heavy atom. The van der Waals surface area contributed by atoms with Gasteiger partial charge in [-0.25, -0.2) is 14.1 Å². The summed E-state index contributed by atoms with van der Waals surface area (Å²) in [5.74, 6) is -0.931. The van der Waals surface area contributed by atoms with Gasteiger partial charge in [-0.2, -0.15) is 5.10 Å². The molecule has 0 aromatic carbocycles. The van der Waals surface area contributed by atoms with Crippen LogP contribution in [0.25, 0.3) is 5.52 Å². The summed E-state index contributed by atoms with van der Waals surface area (Å²) in [6.45, 7) is 2.02. The summed E-state index contributed by atoms with van der Waals surface area (Å²) in [5, 5.41) is 4.04. The summed E-state index contributed by atoms with van der Waals surface area (Å²) < 4.78 is 11.6. The quantitative estimate of drug-likeness (QED) is 0.807. The topological polar surface area (TPSA) is 69.9 Å². The van der Waals surface area contributed by atoms with Gasteiger partial charge in [0.15, 0.2) is 0 Å². The Kier molecular flexibility index (Phi) is 3.84. The molecule has 0 spiro atoms. The van der Waals surface area contributed by atoms with Gasteiger partial charge in [0.25, 0.3) is 0 Å². The van der Waals surface area contributed by atoms with Crippen molar-refractivity contribution in [3.05, 3.63) is 34.1 Å². The molecule has 0 fully saturated rings. The number of methoxy groups -OCH3 is 1. The molecule has 0 N–H and O–H groups in total. The Balaban J connectivity index is 2.56. The molecular weight excluding hydrogens is 316 g/mol. The van der Waals surface area contributed by atoms with E-state index in [9.17, 15) is 9.59 Å². The Labute approximate surface area is 117 Å². The van der Waals surface area contributed by atoms with E-state index < -0.39 is 11.9 Å². The van der Waals surface area contributed by atoms with Crippen molar-refractivity contribution < 1.29 is 19.1 Å². The zero-order valence-electron chi connectivity index (χ0n) is 10.3. The van der Waals surface area contributed by atoms with Crippen LogP contribution in [0.4, 0.5) is 0 Å². The molecule has 0 unspecified atom stereocenters. The fourth-order valence-electron chi connectivity index (χ4n) is 1.66. The first-order valence-electron chi connectivity index (χ1n) is 5.50. The van der Waals surface area contributed by atoms with Crippen molar-refractivity contribution in [1.82, 2.24) is 9.61 Å². The average molecular weight is 327 g/mol. The van der Waals surface area contributed by atoms with Crippen molar-refractivity contribution in [3.63, 3.8) is 0 Å². The zero-order chi connectivity index (χ0) is 14.0. The molecule has 0 amide bonds. The number of pyridine rings is 1. The number of esters is 2. The molecule has 2 aromatic heterocycles.